The molecule has 0 spiro atoms. The van der Waals surface area contributed by atoms with Crippen LogP contribution in [0.5, 0.6) is 0 Å². The largest absolute Gasteiger partial charge is 0.352 e. The number of amides is 3. The summed E-state index contributed by atoms with van der Waals surface area (Å²) < 4.78 is 0. The molecule has 25 heavy (non-hydrogen) atoms. The van der Waals surface area contributed by atoms with E-state index in [0.29, 0.717) is 25.7 Å². The van der Waals surface area contributed by atoms with Crippen molar-refractivity contribution in [1.82, 2.24) is 15.1 Å². The van der Waals surface area contributed by atoms with Crippen molar-refractivity contribution in [3.63, 3.8) is 0 Å². The van der Waals surface area contributed by atoms with E-state index in [4.69, 9.17) is 0 Å². The third kappa shape index (κ3) is 4.72. The highest BCUT2D eigenvalue weighted by molar-refractivity contribution is 5.91. The maximum atomic E-state index is 12.6. The van der Waals surface area contributed by atoms with Crippen LogP contribution in [0.25, 0.3) is 0 Å². The first-order chi connectivity index (χ1) is 11.9. The zero-order chi connectivity index (χ0) is 18.0. The lowest BCUT2D eigenvalue weighted by Crippen LogP contribution is -2.52. The van der Waals surface area contributed by atoms with Gasteiger partial charge in [0, 0.05) is 37.9 Å². The van der Waals surface area contributed by atoms with Gasteiger partial charge in [-0.2, -0.15) is 0 Å². The Morgan fingerprint density at radius 2 is 1.64 bits per heavy atom. The minimum atomic E-state index is -0.0582. The molecule has 0 atom stereocenters. The van der Waals surface area contributed by atoms with Crippen LogP contribution in [0, 0.1) is 20.8 Å². The van der Waals surface area contributed by atoms with E-state index >= 15 is 0 Å². The normalized spacial score (nSPS) is 18.1. The van der Waals surface area contributed by atoms with Crippen molar-refractivity contribution in [2.75, 3.05) is 38.0 Å². The number of hydrogen-bond donors (Lipinski definition) is 2. The van der Waals surface area contributed by atoms with Gasteiger partial charge in [-0.1, -0.05) is 17.7 Å². The lowest BCUT2D eigenvalue weighted by atomic mass is 10.1. The predicted octanol–water partition coefficient (Wildman–Crippen LogP) is 2.04. The molecule has 1 heterocycles. The monoisotopic (exact) mass is 344 g/mol. The molecule has 1 aromatic rings. The maximum Gasteiger partial charge on any atom is 0.321 e. The lowest BCUT2D eigenvalue weighted by molar-refractivity contribution is -0.122. The van der Waals surface area contributed by atoms with Gasteiger partial charge in [-0.3, -0.25) is 9.69 Å². The van der Waals surface area contributed by atoms with Crippen molar-refractivity contribution in [3.05, 3.63) is 28.8 Å². The average Bonchev–Trinajstić information content (AvgIpc) is 3.35. The molecule has 2 fully saturated rings. The Balaban J connectivity index is 1.49. The fourth-order valence-corrected chi connectivity index (χ4v) is 3.38. The molecule has 6 heteroatoms. The molecule has 1 saturated heterocycles. The fourth-order valence-electron chi connectivity index (χ4n) is 3.38. The first-order valence-corrected chi connectivity index (χ1v) is 9.08. The van der Waals surface area contributed by atoms with Crippen LogP contribution in [0.15, 0.2) is 12.1 Å². The van der Waals surface area contributed by atoms with E-state index in [0.717, 1.165) is 42.7 Å². The van der Waals surface area contributed by atoms with Gasteiger partial charge in [0.15, 0.2) is 0 Å². The number of benzene rings is 1. The summed E-state index contributed by atoms with van der Waals surface area (Å²) in [5, 5.41) is 6.07. The summed E-state index contributed by atoms with van der Waals surface area (Å²) in [6, 6.07) is 4.51. The maximum absolute atomic E-state index is 12.6. The summed E-state index contributed by atoms with van der Waals surface area (Å²) >= 11 is 0. The molecular formula is C19H28N4O2. The third-order valence-electron chi connectivity index (χ3n) is 4.88. The van der Waals surface area contributed by atoms with Crippen molar-refractivity contribution in [3.8, 4) is 0 Å². The summed E-state index contributed by atoms with van der Waals surface area (Å²) in [7, 11) is 0. The number of nitrogens with one attached hydrogen (secondary N) is 2. The van der Waals surface area contributed by atoms with E-state index in [1.807, 2.05) is 18.7 Å². The average molecular weight is 344 g/mol. The molecule has 0 unspecified atom stereocenters. The van der Waals surface area contributed by atoms with Crippen molar-refractivity contribution in [2.24, 2.45) is 0 Å². The molecule has 2 aliphatic rings. The molecule has 1 aromatic carbocycles. The molecule has 6 nitrogen and oxygen atoms in total. The number of aryl methyl sites for hydroxylation is 3. The molecule has 3 amide bonds. The van der Waals surface area contributed by atoms with Crippen LogP contribution in [0.2, 0.25) is 0 Å². The smallest absolute Gasteiger partial charge is 0.321 e. The zero-order valence-corrected chi connectivity index (χ0v) is 15.4. The van der Waals surface area contributed by atoms with Gasteiger partial charge < -0.3 is 15.5 Å². The number of piperazine rings is 1. The van der Waals surface area contributed by atoms with Gasteiger partial charge in [-0.25, -0.2) is 4.79 Å². The number of carbonyl (C=O) groups excluding carboxylic acids is 2. The summed E-state index contributed by atoms with van der Waals surface area (Å²) in [4.78, 5) is 28.4. The Hall–Kier alpha value is -2.08. The number of hydrogen-bond acceptors (Lipinski definition) is 3. The minimum Gasteiger partial charge on any atom is -0.352 e. The number of nitrogens with zero attached hydrogens (tertiary/aromatic N) is 2. The van der Waals surface area contributed by atoms with Crippen LogP contribution in [-0.4, -0.2) is 60.5 Å². The summed E-state index contributed by atoms with van der Waals surface area (Å²) in [5.41, 5.74) is 4.27. The SMILES string of the molecule is Cc1cc(C)c(NC(=O)N2CCN(CC(=O)NC3CC3)CC2)c(C)c1. The third-order valence-corrected chi connectivity index (χ3v) is 4.88. The second kappa shape index (κ2) is 7.44. The van der Waals surface area contributed by atoms with Gasteiger partial charge >= 0.3 is 6.03 Å². The van der Waals surface area contributed by atoms with Gasteiger partial charge in [-0.05, 0) is 44.7 Å². The van der Waals surface area contributed by atoms with E-state index in [2.05, 4.69) is 34.6 Å². The molecule has 3 rings (SSSR count). The van der Waals surface area contributed by atoms with E-state index < -0.39 is 0 Å². The van der Waals surface area contributed by atoms with E-state index in [9.17, 15) is 9.59 Å². The van der Waals surface area contributed by atoms with Crippen molar-refractivity contribution in [2.45, 2.75) is 39.7 Å². The molecule has 0 aromatic heterocycles. The van der Waals surface area contributed by atoms with Crippen molar-refractivity contribution >= 4 is 17.6 Å². The van der Waals surface area contributed by atoms with Crippen LogP contribution < -0.4 is 10.6 Å². The molecule has 0 bridgehead atoms. The molecule has 0 radical (unpaired) electrons. The standard InChI is InChI=1S/C19H28N4O2/c1-13-10-14(2)18(15(3)11-13)21-19(25)23-8-6-22(7-9-23)12-17(24)20-16-4-5-16/h10-11,16H,4-9,12H2,1-3H3,(H,20,24)(H,21,25). The lowest BCUT2D eigenvalue weighted by Gasteiger charge is -2.34. The van der Waals surface area contributed by atoms with Crippen LogP contribution in [0.4, 0.5) is 10.5 Å². The van der Waals surface area contributed by atoms with Crippen LogP contribution in [-0.2, 0) is 4.79 Å². The first-order valence-electron chi connectivity index (χ1n) is 9.08. The summed E-state index contributed by atoms with van der Waals surface area (Å²) in [5.74, 6) is 0.103. The molecule has 1 aliphatic heterocycles. The molecule has 136 valence electrons. The predicted molar refractivity (Wildman–Crippen MR) is 98.8 cm³/mol. The van der Waals surface area contributed by atoms with Crippen LogP contribution in [0.1, 0.15) is 29.5 Å². The Labute approximate surface area is 149 Å². The molecular weight excluding hydrogens is 316 g/mol. The molecule has 1 saturated carbocycles. The minimum absolute atomic E-state index is 0.0582. The second-order valence-corrected chi connectivity index (χ2v) is 7.31. The number of anilines is 1. The molecule has 2 N–H and O–H groups in total. The van der Waals surface area contributed by atoms with E-state index in [-0.39, 0.29) is 11.9 Å². The van der Waals surface area contributed by atoms with Crippen molar-refractivity contribution < 1.29 is 9.59 Å². The summed E-state index contributed by atoms with van der Waals surface area (Å²) in [6.45, 7) is 9.29. The van der Waals surface area contributed by atoms with E-state index in [1.54, 1.807) is 0 Å². The van der Waals surface area contributed by atoms with E-state index in [1.165, 1.54) is 5.56 Å². The highest BCUT2D eigenvalue weighted by atomic mass is 16.2. The Morgan fingerprint density at radius 3 is 2.20 bits per heavy atom. The summed E-state index contributed by atoms with van der Waals surface area (Å²) in [6.07, 6.45) is 2.22. The van der Waals surface area contributed by atoms with Crippen LogP contribution in [0.3, 0.4) is 0 Å². The second-order valence-electron chi connectivity index (χ2n) is 7.31. The van der Waals surface area contributed by atoms with Gasteiger partial charge in [0.25, 0.3) is 0 Å². The van der Waals surface area contributed by atoms with Crippen molar-refractivity contribution in [1.29, 1.82) is 0 Å². The highest BCUT2D eigenvalue weighted by Crippen LogP contribution is 2.22. The Morgan fingerprint density at radius 1 is 1.04 bits per heavy atom. The van der Waals surface area contributed by atoms with Gasteiger partial charge in [-0.15, -0.1) is 0 Å². The number of rotatable bonds is 4. The number of carbonyl (C=O) groups is 2. The fraction of sp³-hybridized carbons (Fsp3) is 0.579. The zero-order valence-electron chi connectivity index (χ0n) is 15.4. The topological polar surface area (TPSA) is 64.7 Å². The van der Waals surface area contributed by atoms with Gasteiger partial charge in [0.05, 0.1) is 6.54 Å². The van der Waals surface area contributed by atoms with Crippen LogP contribution >= 0.6 is 0 Å². The first kappa shape index (κ1) is 17.7. The van der Waals surface area contributed by atoms with Gasteiger partial charge in [0.1, 0.15) is 0 Å². The Kier molecular flexibility index (Phi) is 5.27. The quantitative estimate of drug-likeness (QED) is 0.878. The van der Waals surface area contributed by atoms with Gasteiger partial charge in [0.2, 0.25) is 5.91 Å². The highest BCUT2D eigenvalue weighted by Gasteiger charge is 2.26. The Bertz CT molecular complexity index is 638. The number of urea groups is 1. The molecule has 1 aliphatic carbocycles.